The van der Waals surface area contributed by atoms with Crippen LogP contribution >= 0.6 is 0 Å². The number of alkyl halides is 3. The first kappa shape index (κ1) is 17.8. The Morgan fingerprint density at radius 3 is 2.54 bits per heavy atom. The summed E-state index contributed by atoms with van der Waals surface area (Å²) in [6.45, 7) is 0. The highest BCUT2D eigenvalue weighted by Gasteiger charge is 2.42. The van der Waals surface area contributed by atoms with Crippen molar-refractivity contribution in [3.63, 3.8) is 0 Å². The summed E-state index contributed by atoms with van der Waals surface area (Å²) in [4.78, 5) is 7.42. The van der Waals surface area contributed by atoms with Gasteiger partial charge in [0.1, 0.15) is 22.8 Å². The van der Waals surface area contributed by atoms with Crippen LogP contribution in [0.25, 0.3) is 17.0 Å². The van der Waals surface area contributed by atoms with Crippen molar-refractivity contribution in [3.05, 3.63) is 35.7 Å². The molecule has 0 amide bonds. The van der Waals surface area contributed by atoms with Crippen molar-refractivity contribution >= 4 is 11.5 Å². The van der Waals surface area contributed by atoms with Crippen molar-refractivity contribution in [1.29, 1.82) is 0 Å². The standard InChI is InChI=1S/C14H10F5N5O2/c1-26-8-3-9-21-4-7(10-5(15)2-6(16)13(20)22-10)24(9)23-11(8)12(25)14(17,18)19/h2-4,12,25H,1H3,(H2,20,22). The Hall–Kier alpha value is -3.02. The molecule has 3 aromatic heterocycles. The van der Waals surface area contributed by atoms with Gasteiger partial charge in [0, 0.05) is 12.1 Å². The van der Waals surface area contributed by atoms with Crippen molar-refractivity contribution in [3.8, 4) is 17.1 Å². The highest BCUT2D eigenvalue weighted by Crippen LogP contribution is 2.36. The van der Waals surface area contributed by atoms with Crippen molar-refractivity contribution in [2.24, 2.45) is 0 Å². The average Bonchev–Trinajstić information content (AvgIpc) is 2.98. The number of nitrogen functional groups attached to an aromatic ring is 1. The number of aromatic nitrogens is 4. The van der Waals surface area contributed by atoms with E-state index in [2.05, 4.69) is 15.1 Å². The van der Waals surface area contributed by atoms with Crippen LogP contribution in [0.15, 0.2) is 18.3 Å². The number of methoxy groups -OCH3 is 1. The molecule has 138 valence electrons. The minimum absolute atomic E-state index is 0.0147. The van der Waals surface area contributed by atoms with E-state index < -0.39 is 41.1 Å². The van der Waals surface area contributed by atoms with Gasteiger partial charge in [0.25, 0.3) is 0 Å². The Morgan fingerprint density at radius 2 is 1.92 bits per heavy atom. The van der Waals surface area contributed by atoms with Crippen LogP contribution in [0.4, 0.5) is 27.8 Å². The third-order valence-electron chi connectivity index (χ3n) is 3.47. The molecule has 0 aliphatic carbocycles. The van der Waals surface area contributed by atoms with E-state index in [1.54, 1.807) is 0 Å². The lowest BCUT2D eigenvalue weighted by atomic mass is 10.2. The molecule has 3 heterocycles. The van der Waals surface area contributed by atoms with Crippen LogP contribution in [0.1, 0.15) is 11.8 Å². The second kappa shape index (κ2) is 6.05. The van der Waals surface area contributed by atoms with Crippen molar-refractivity contribution in [2.75, 3.05) is 12.8 Å². The largest absolute Gasteiger partial charge is 0.495 e. The SMILES string of the molecule is COc1cc2ncc(-c3nc(N)c(F)cc3F)n2nc1C(O)C(F)(F)F. The van der Waals surface area contributed by atoms with E-state index in [1.165, 1.54) is 0 Å². The average molecular weight is 375 g/mol. The Labute approximate surface area is 141 Å². The zero-order valence-electron chi connectivity index (χ0n) is 12.9. The number of imidazole rings is 1. The van der Waals surface area contributed by atoms with E-state index in [-0.39, 0.29) is 17.1 Å². The molecule has 12 heteroatoms. The molecule has 0 aromatic carbocycles. The molecule has 3 rings (SSSR count). The molecular formula is C14H10F5N5O2. The minimum atomic E-state index is -5.02. The summed E-state index contributed by atoms with van der Waals surface area (Å²) >= 11 is 0. The number of hydrogen-bond acceptors (Lipinski definition) is 6. The van der Waals surface area contributed by atoms with Gasteiger partial charge in [-0.15, -0.1) is 0 Å². The lowest BCUT2D eigenvalue weighted by Crippen LogP contribution is -2.23. The van der Waals surface area contributed by atoms with Gasteiger partial charge in [0.05, 0.1) is 13.3 Å². The Bertz CT molecular complexity index is 988. The number of pyridine rings is 1. The first-order valence-corrected chi connectivity index (χ1v) is 6.92. The molecule has 0 bridgehead atoms. The molecule has 0 saturated heterocycles. The molecule has 7 nitrogen and oxygen atoms in total. The van der Waals surface area contributed by atoms with Gasteiger partial charge in [0.2, 0.25) is 0 Å². The van der Waals surface area contributed by atoms with Crippen LogP contribution in [-0.2, 0) is 0 Å². The van der Waals surface area contributed by atoms with E-state index in [1.807, 2.05) is 0 Å². The molecule has 3 N–H and O–H groups in total. The van der Waals surface area contributed by atoms with Gasteiger partial charge in [-0.05, 0) is 0 Å². The van der Waals surface area contributed by atoms with Crippen LogP contribution in [0.3, 0.4) is 0 Å². The maximum absolute atomic E-state index is 14.0. The van der Waals surface area contributed by atoms with Gasteiger partial charge in [0.15, 0.2) is 29.2 Å². The summed E-state index contributed by atoms with van der Waals surface area (Å²) in [5.74, 6) is -3.19. The number of hydrogen-bond donors (Lipinski definition) is 2. The number of halogens is 5. The summed E-state index contributed by atoms with van der Waals surface area (Å²) in [5.41, 5.74) is 3.77. The van der Waals surface area contributed by atoms with Gasteiger partial charge in [-0.3, -0.25) is 0 Å². The maximum atomic E-state index is 14.0. The number of fused-ring (bicyclic) bond motifs is 1. The lowest BCUT2D eigenvalue weighted by molar-refractivity contribution is -0.208. The van der Waals surface area contributed by atoms with E-state index in [9.17, 15) is 27.1 Å². The van der Waals surface area contributed by atoms with Crippen LogP contribution < -0.4 is 10.5 Å². The Balaban J connectivity index is 2.26. The zero-order valence-corrected chi connectivity index (χ0v) is 12.9. The lowest BCUT2D eigenvalue weighted by Gasteiger charge is -2.17. The maximum Gasteiger partial charge on any atom is 0.420 e. The third-order valence-corrected chi connectivity index (χ3v) is 3.47. The quantitative estimate of drug-likeness (QED) is 0.682. The number of rotatable bonds is 3. The molecule has 0 fully saturated rings. The third kappa shape index (κ3) is 2.87. The smallest absolute Gasteiger partial charge is 0.420 e. The molecule has 0 radical (unpaired) electrons. The van der Waals surface area contributed by atoms with Crippen LogP contribution in [-0.4, -0.2) is 38.0 Å². The van der Waals surface area contributed by atoms with Gasteiger partial charge in [-0.1, -0.05) is 0 Å². The van der Waals surface area contributed by atoms with Gasteiger partial charge >= 0.3 is 6.18 Å². The normalized spacial score (nSPS) is 13.2. The van der Waals surface area contributed by atoms with E-state index >= 15 is 0 Å². The second-order valence-corrected chi connectivity index (χ2v) is 5.14. The second-order valence-electron chi connectivity index (χ2n) is 5.14. The molecule has 1 atom stereocenters. The molecule has 26 heavy (non-hydrogen) atoms. The van der Waals surface area contributed by atoms with Gasteiger partial charge < -0.3 is 15.6 Å². The predicted octanol–water partition coefficient (Wildman–Crippen LogP) is 2.26. The summed E-state index contributed by atoms with van der Waals surface area (Å²) in [5, 5.41) is 13.2. The molecule has 0 saturated carbocycles. The molecule has 0 aliphatic rings. The van der Waals surface area contributed by atoms with E-state index in [0.29, 0.717) is 6.07 Å². The highest BCUT2D eigenvalue weighted by atomic mass is 19.4. The van der Waals surface area contributed by atoms with Crippen molar-refractivity contribution < 1.29 is 31.8 Å². The molecule has 0 aliphatic heterocycles. The number of anilines is 1. The molecular weight excluding hydrogens is 365 g/mol. The van der Waals surface area contributed by atoms with Crippen molar-refractivity contribution in [1.82, 2.24) is 19.6 Å². The summed E-state index contributed by atoms with van der Waals surface area (Å²) in [6, 6.07) is 1.55. The topological polar surface area (TPSA) is 98.6 Å². The summed E-state index contributed by atoms with van der Waals surface area (Å²) in [7, 11) is 1.09. The summed E-state index contributed by atoms with van der Waals surface area (Å²) < 4.78 is 71.5. The first-order valence-electron chi connectivity index (χ1n) is 6.92. The number of aliphatic hydroxyl groups excluding tert-OH is 1. The highest BCUT2D eigenvalue weighted by molar-refractivity contribution is 5.62. The fourth-order valence-electron chi connectivity index (χ4n) is 2.24. The summed E-state index contributed by atoms with van der Waals surface area (Å²) in [6.07, 6.45) is -6.90. The molecule has 0 spiro atoms. The molecule has 3 aromatic rings. The van der Waals surface area contributed by atoms with E-state index in [0.717, 1.165) is 23.9 Å². The number of nitrogens with two attached hydrogens (primary N) is 1. The monoisotopic (exact) mass is 375 g/mol. The first-order chi connectivity index (χ1) is 12.1. The van der Waals surface area contributed by atoms with Gasteiger partial charge in [-0.2, -0.15) is 18.3 Å². The fraction of sp³-hybridized carbons (Fsp3) is 0.214. The van der Waals surface area contributed by atoms with Crippen LogP contribution in [0, 0.1) is 11.6 Å². The Kier molecular flexibility index (Phi) is 4.14. The minimum Gasteiger partial charge on any atom is -0.495 e. The van der Waals surface area contributed by atoms with Crippen molar-refractivity contribution in [2.45, 2.75) is 12.3 Å². The molecule has 1 unspecified atom stereocenters. The Morgan fingerprint density at radius 1 is 1.23 bits per heavy atom. The zero-order chi connectivity index (χ0) is 19.2. The van der Waals surface area contributed by atoms with E-state index in [4.69, 9.17) is 10.5 Å². The van der Waals surface area contributed by atoms with Gasteiger partial charge in [-0.25, -0.2) is 23.3 Å². The number of nitrogens with zero attached hydrogens (tertiary/aromatic N) is 4. The number of ether oxygens (including phenoxy) is 1. The number of aliphatic hydroxyl groups is 1. The fourth-order valence-corrected chi connectivity index (χ4v) is 2.24. The van der Waals surface area contributed by atoms with Crippen LogP contribution in [0.5, 0.6) is 5.75 Å². The predicted molar refractivity (Wildman–Crippen MR) is 78.1 cm³/mol. The van der Waals surface area contributed by atoms with Crippen LogP contribution in [0.2, 0.25) is 0 Å².